The Morgan fingerprint density at radius 2 is 2.26 bits per heavy atom. The average molecular weight is 284 g/mol. The fourth-order valence-corrected chi connectivity index (χ4v) is 2.76. The van der Waals surface area contributed by atoms with Crippen molar-refractivity contribution in [2.45, 2.75) is 32.7 Å². The van der Waals surface area contributed by atoms with E-state index in [0.29, 0.717) is 25.7 Å². The van der Waals surface area contributed by atoms with Crippen LogP contribution in [0.1, 0.15) is 23.1 Å². The molecule has 0 spiro atoms. The smallest absolute Gasteiger partial charge is 0.233 e. The quantitative estimate of drug-likeness (QED) is 0.679. The Kier molecular flexibility index (Phi) is 7.70. The molecule has 108 valence electrons. The van der Waals surface area contributed by atoms with Gasteiger partial charge in [0.15, 0.2) is 0 Å². The summed E-state index contributed by atoms with van der Waals surface area (Å²) in [5, 5.41) is 6.11. The summed E-state index contributed by atoms with van der Waals surface area (Å²) in [6.45, 7) is 5.94. The molecule has 0 fully saturated rings. The third-order valence-electron chi connectivity index (χ3n) is 2.76. The van der Waals surface area contributed by atoms with Gasteiger partial charge in [-0.1, -0.05) is 0 Å². The fraction of sp³-hybridized carbons (Fsp3) is 0.643. The highest BCUT2D eigenvalue weighted by Crippen LogP contribution is 2.16. The van der Waals surface area contributed by atoms with Crippen LogP contribution in [0.3, 0.4) is 0 Å². The Hall–Kier alpha value is -0.910. The second kappa shape index (κ2) is 9.07. The molecule has 1 atom stereocenters. The predicted molar refractivity (Wildman–Crippen MR) is 79.7 cm³/mol. The van der Waals surface area contributed by atoms with E-state index in [9.17, 15) is 4.79 Å². The summed E-state index contributed by atoms with van der Waals surface area (Å²) in [6, 6.07) is 4.60. The lowest BCUT2D eigenvalue weighted by Gasteiger charge is -2.12. The summed E-state index contributed by atoms with van der Waals surface area (Å²) in [5.74, 6) is 0.0466. The molecular formula is C14H24N2O2S. The van der Waals surface area contributed by atoms with E-state index < -0.39 is 0 Å². The van der Waals surface area contributed by atoms with E-state index in [0.717, 1.165) is 12.8 Å². The van der Waals surface area contributed by atoms with E-state index in [2.05, 4.69) is 36.6 Å². The molecule has 0 aliphatic heterocycles. The molecule has 1 heterocycles. The molecule has 4 nitrogen and oxygen atoms in total. The molecule has 0 aliphatic rings. The number of aryl methyl sites for hydroxylation is 1. The summed E-state index contributed by atoms with van der Waals surface area (Å²) in [5.41, 5.74) is 0. The van der Waals surface area contributed by atoms with E-state index in [1.54, 1.807) is 7.11 Å². The molecule has 1 aromatic rings. The van der Waals surface area contributed by atoms with Crippen molar-refractivity contribution in [3.63, 3.8) is 0 Å². The van der Waals surface area contributed by atoms with Crippen LogP contribution in [0.4, 0.5) is 0 Å². The van der Waals surface area contributed by atoms with Gasteiger partial charge in [0.1, 0.15) is 0 Å². The number of carbonyl (C=O) groups excluding carboxylic acids is 1. The second-order valence-electron chi connectivity index (χ2n) is 4.69. The normalized spacial score (nSPS) is 12.4. The van der Waals surface area contributed by atoms with Crippen molar-refractivity contribution in [3.8, 4) is 0 Å². The molecule has 0 saturated heterocycles. The number of hydrogen-bond acceptors (Lipinski definition) is 4. The molecule has 1 amide bonds. The van der Waals surface area contributed by atoms with Crippen molar-refractivity contribution >= 4 is 17.2 Å². The van der Waals surface area contributed by atoms with Crippen LogP contribution >= 0.6 is 11.3 Å². The number of ether oxygens (including phenoxy) is 1. The largest absolute Gasteiger partial charge is 0.385 e. The summed E-state index contributed by atoms with van der Waals surface area (Å²) < 4.78 is 4.92. The first-order chi connectivity index (χ1) is 9.11. The first-order valence-corrected chi connectivity index (χ1v) is 7.47. The summed E-state index contributed by atoms with van der Waals surface area (Å²) in [6.07, 6.45) is 1.82. The van der Waals surface area contributed by atoms with E-state index in [4.69, 9.17) is 4.74 Å². The van der Waals surface area contributed by atoms with Crippen molar-refractivity contribution in [3.05, 3.63) is 21.9 Å². The number of rotatable bonds is 9. The van der Waals surface area contributed by atoms with Crippen molar-refractivity contribution in [1.82, 2.24) is 10.6 Å². The summed E-state index contributed by atoms with van der Waals surface area (Å²) >= 11 is 1.82. The molecule has 0 saturated carbocycles. The van der Waals surface area contributed by atoms with Crippen molar-refractivity contribution in [1.29, 1.82) is 0 Å². The predicted octanol–water partition coefficient (Wildman–Crippen LogP) is 1.73. The van der Waals surface area contributed by atoms with E-state index in [1.807, 2.05) is 11.3 Å². The maximum absolute atomic E-state index is 11.6. The van der Waals surface area contributed by atoms with Crippen LogP contribution in [0, 0.1) is 6.92 Å². The lowest BCUT2D eigenvalue weighted by Crippen LogP contribution is -2.39. The average Bonchev–Trinajstić information content (AvgIpc) is 2.77. The lowest BCUT2D eigenvalue weighted by molar-refractivity contribution is -0.120. The molecule has 1 unspecified atom stereocenters. The molecule has 1 aromatic heterocycles. The monoisotopic (exact) mass is 284 g/mol. The Morgan fingerprint density at radius 3 is 2.89 bits per heavy atom. The van der Waals surface area contributed by atoms with Gasteiger partial charge in [0.25, 0.3) is 0 Å². The summed E-state index contributed by atoms with van der Waals surface area (Å²) in [4.78, 5) is 14.2. The van der Waals surface area contributed by atoms with Gasteiger partial charge in [-0.3, -0.25) is 4.79 Å². The number of methoxy groups -OCH3 is 1. The van der Waals surface area contributed by atoms with Gasteiger partial charge in [0, 0.05) is 36.1 Å². The lowest BCUT2D eigenvalue weighted by atomic mass is 10.2. The third kappa shape index (κ3) is 7.30. The van der Waals surface area contributed by atoms with Crippen molar-refractivity contribution in [2.75, 3.05) is 26.8 Å². The topological polar surface area (TPSA) is 50.4 Å². The van der Waals surface area contributed by atoms with Crippen molar-refractivity contribution in [2.24, 2.45) is 0 Å². The minimum Gasteiger partial charge on any atom is -0.385 e. The Bertz CT molecular complexity index is 379. The van der Waals surface area contributed by atoms with Gasteiger partial charge in [0.05, 0.1) is 6.54 Å². The number of nitrogens with one attached hydrogen (secondary N) is 2. The van der Waals surface area contributed by atoms with Crippen LogP contribution in [0.15, 0.2) is 12.1 Å². The van der Waals surface area contributed by atoms with E-state index >= 15 is 0 Å². The standard InChI is InChI=1S/C14H24N2O2S/c1-11(9-13-6-5-12(2)19-13)16-10-14(17)15-7-4-8-18-3/h5-6,11,16H,4,7-10H2,1-3H3,(H,15,17). The van der Waals surface area contributed by atoms with Crippen LogP contribution in [0.25, 0.3) is 0 Å². The molecule has 5 heteroatoms. The maximum Gasteiger partial charge on any atom is 0.233 e. The van der Waals surface area contributed by atoms with Crippen molar-refractivity contribution < 1.29 is 9.53 Å². The van der Waals surface area contributed by atoms with Crippen LogP contribution in [0.5, 0.6) is 0 Å². The molecule has 1 rings (SSSR count). The fourth-order valence-electron chi connectivity index (χ4n) is 1.74. The minimum atomic E-state index is 0.0466. The summed E-state index contributed by atoms with van der Waals surface area (Å²) in [7, 11) is 1.66. The molecule has 2 N–H and O–H groups in total. The molecular weight excluding hydrogens is 260 g/mol. The molecule has 0 aliphatic carbocycles. The Labute approximate surface area is 119 Å². The zero-order valence-electron chi connectivity index (χ0n) is 12.0. The van der Waals surface area contributed by atoms with Gasteiger partial charge in [-0.15, -0.1) is 11.3 Å². The number of hydrogen-bond donors (Lipinski definition) is 2. The van der Waals surface area contributed by atoms with Crippen LogP contribution < -0.4 is 10.6 Å². The van der Waals surface area contributed by atoms with Gasteiger partial charge < -0.3 is 15.4 Å². The number of thiophene rings is 1. The Morgan fingerprint density at radius 1 is 1.47 bits per heavy atom. The minimum absolute atomic E-state index is 0.0466. The van der Waals surface area contributed by atoms with Gasteiger partial charge in [-0.2, -0.15) is 0 Å². The van der Waals surface area contributed by atoms with Gasteiger partial charge in [-0.25, -0.2) is 0 Å². The van der Waals surface area contributed by atoms with Gasteiger partial charge in [0.2, 0.25) is 5.91 Å². The van der Waals surface area contributed by atoms with Crippen LogP contribution in [0.2, 0.25) is 0 Å². The highest BCUT2D eigenvalue weighted by Gasteiger charge is 2.07. The van der Waals surface area contributed by atoms with Crippen LogP contribution in [-0.4, -0.2) is 38.8 Å². The first-order valence-electron chi connectivity index (χ1n) is 6.66. The van der Waals surface area contributed by atoms with Gasteiger partial charge >= 0.3 is 0 Å². The zero-order valence-corrected chi connectivity index (χ0v) is 12.8. The highest BCUT2D eigenvalue weighted by atomic mass is 32.1. The molecule has 19 heavy (non-hydrogen) atoms. The third-order valence-corrected chi connectivity index (χ3v) is 3.78. The van der Waals surface area contributed by atoms with E-state index in [-0.39, 0.29) is 5.91 Å². The SMILES string of the molecule is COCCCNC(=O)CNC(C)Cc1ccc(C)s1. The zero-order chi connectivity index (χ0) is 14.1. The highest BCUT2D eigenvalue weighted by molar-refractivity contribution is 7.11. The molecule has 0 radical (unpaired) electrons. The molecule has 0 bridgehead atoms. The number of amides is 1. The van der Waals surface area contributed by atoms with Gasteiger partial charge in [-0.05, 0) is 38.8 Å². The maximum atomic E-state index is 11.6. The first kappa shape index (κ1) is 16.1. The molecule has 0 aromatic carbocycles. The second-order valence-corrected chi connectivity index (χ2v) is 6.07. The number of carbonyl (C=O) groups is 1. The van der Waals surface area contributed by atoms with Crippen LogP contribution in [-0.2, 0) is 16.0 Å². The van der Waals surface area contributed by atoms with E-state index in [1.165, 1.54) is 9.75 Å². The Balaban J connectivity index is 2.12.